The summed E-state index contributed by atoms with van der Waals surface area (Å²) in [5, 5.41) is 3.44. The van der Waals surface area contributed by atoms with E-state index in [0.717, 1.165) is 19.5 Å². The number of halogens is 3. The fourth-order valence-electron chi connectivity index (χ4n) is 2.67. The normalized spacial score (nSPS) is 19.8. The summed E-state index contributed by atoms with van der Waals surface area (Å²) in [6.07, 6.45) is -1.13. The van der Waals surface area contributed by atoms with E-state index in [1.807, 2.05) is 11.9 Å². The number of piperidine rings is 1. The predicted molar refractivity (Wildman–Crippen MR) is 75.1 cm³/mol. The van der Waals surface area contributed by atoms with E-state index in [4.69, 9.17) is 0 Å². The SMILES string of the molecule is CN(Cc1ccccc1OC(F)(F)F)CC1CCCCN1. The van der Waals surface area contributed by atoms with Crippen LogP contribution in [-0.4, -0.2) is 37.4 Å². The van der Waals surface area contributed by atoms with Crippen LogP contribution in [0.3, 0.4) is 0 Å². The molecule has 1 aromatic rings. The Hall–Kier alpha value is -1.27. The van der Waals surface area contributed by atoms with Crippen LogP contribution in [0.25, 0.3) is 0 Å². The minimum atomic E-state index is -4.65. The van der Waals surface area contributed by atoms with Gasteiger partial charge in [0, 0.05) is 24.7 Å². The first-order valence-electron chi connectivity index (χ1n) is 7.19. The molecule has 0 spiro atoms. The Bertz CT molecular complexity index is 445. The van der Waals surface area contributed by atoms with Crippen molar-refractivity contribution in [3.8, 4) is 5.75 Å². The van der Waals surface area contributed by atoms with Gasteiger partial charge in [-0.15, -0.1) is 13.2 Å². The Kier molecular flexibility index (Phi) is 5.47. The van der Waals surface area contributed by atoms with Crippen molar-refractivity contribution in [2.45, 2.75) is 38.2 Å². The second-order valence-corrected chi connectivity index (χ2v) is 5.50. The molecule has 0 aromatic heterocycles. The van der Waals surface area contributed by atoms with E-state index in [1.54, 1.807) is 18.2 Å². The standard InChI is InChI=1S/C15H21F3N2O/c1-20(11-13-7-4-5-9-19-13)10-12-6-2-3-8-14(12)21-15(16,17)18/h2-3,6,8,13,19H,4-5,7,9-11H2,1H3. The third kappa shape index (κ3) is 5.55. The molecule has 1 atom stereocenters. The molecule has 0 aliphatic carbocycles. The van der Waals surface area contributed by atoms with Crippen LogP contribution in [-0.2, 0) is 6.54 Å². The average molecular weight is 302 g/mol. The van der Waals surface area contributed by atoms with E-state index in [0.29, 0.717) is 18.2 Å². The number of hydrogen-bond acceptors (Lipinski definition) is 3. The second kappa shape index (κ2) is 7.13. The van der Waals surface area contributed by atoms with Gasteiger partial charge in [0.15, 0.2) is 0 Å². The molecule has 0 radical (unpaired) electrons. The Morgan fingerprint density at radius 1 is 1.29 bits per heavy atom. The van der Waals surface area contributed by atoms with Crippen molar-refractivity contribution >= 4 is 0 Å². The van der Waals surface area contributed by atoms with Crippen molar-refractivity contribution < 1.29 is 17.9 Å². The van der Waals surface area contributed by atoms with Gasteiger partial charge in [-0.3, -0.25) is 0 Å². The van der Waals surface area contributed by atoms with Crippen LogP contribution >= 0.6 is 0 Å². The van der Waals surface area contributed by atoms with E-state index in [1.165, 1.54) is 18.9 Å². The summed E-state index contributed by atoms with van der Waals surface area (Å²) < 4.78 is 41.2. The summed E-state index contributed by atoms with van der Waals surface area (Å²) in [7, 11) is 1.92. The molecule has 1 N–H and O–H groups in total. The van der Waals surface area contributed by atoms with Gasteiger partial charge in [0.05, 0.1) is 0 Å². The van der Waals surface area contributed by atoms with Crippen molar-refractivity contribution in [1.82, 2.24) is 10.2 Å². The molecule has 1 saturated heterocycles. The molecule has 0 bridgehead atoms. The molecular weight excluding hydrogens is 281 g/mol. The average Bonchev–Trinajstić information content (AvgIpc) is 2.40. The number of likely N-dealkylation sites (N-methyl/N-ethyl adjacent to an activating group) is 1. The maximum absolute atomic E-state index is 12.4. The molecule has 0 saturated carbocycles. The van der Waals surface area contributed by atoms with Crippen LogP contribution in [0.2, 0.25) is 0 Å². The number of hydrogen-bond donors (Lipinski definition) is 1. The lowest BCUT2D eigenvalue weighted by atomic mass is 10.0. The number of nitrogens with one attached hydrogen (secondary N) is 1. The molecule has 21 heavy (non-hydrogen) atoms. The topological polar surface area (TPSA) is 24.5 Å². The highest BCUT2D eigenvalue weighted by Gasteiger charge is 2.32. The zero-order chi connectivity index (χ0) is 15.3. The first kappa shape index (κ1) is 16.1. The van der Waals surface area contributed by atoms with Crippen LogP contribution in [0.15, 0.2) is 24.3 Å². The molecule has 1 aliphatic rings. The summed E-state index contributed by atoms with van der Waals surface area (Å²) in [5.41, 5.74) is 0.549. The fourth-order valence-corrected chi connectivity index (χ4v) is 2.67. The molecule has 1 aromatic carbocycles. The van der Waals surface area contributed by atoms with Crippen molar-refractivity contribution in [2.75, 3.05) is 20.1 Å². The Morgan fingerprint density at radius 2 is 2.05 bits per heavy atom. The van der Waals surface area contributed by atoms with Gasteiger partial charge in [-0.25, -0.2) is 0 Å². The van der Waals surface area contributed by atoms with Crippen molar-refractivity contribution in [1.29, 1.82) is 0 Å². The predicted octanol–water partition coefficient (Wildman–Crippen LogP) is 3.16. The van der Waals surface area contributed by atoms with E-state index < -0.39 is 6.36 Å². The molecule has 1 unspecified atom stereocenters. The van der Waals surface area contributed by atoms with Gasteiger partial charge in [0.1, 0.15) is 5.75 Å². The first-order chi connectivity index (χ1) is 9.94. The number of ether oxygens (including phenoxy) is 1. The molecule has 6 heteroatoms. The third-order valence-electron chi connectivity index (χ3n) is 3.58. The van der Waals surface area contributed by atoms with Crippen LogP contribution < -0.4 is 10.1 Å². The van der Waals surface area contributed by atoms with Gasteiger partial charge in [-0.2, -0.15) is 0 Å². The highest BCUT2D eigenvalue weighted by Crippen LogP contribution is 2.27. The summed E-state index contributed by atoms with van der Waals surface area (Å²) in [6, 6.07) is 6.72. The summed E-state index contributed by atoms with van der Waals surface area (Å²) in [5.74, 6) is -0.117. The Labute approximate surface area is 123 Å². The van der Waals surface area contributed by atoms with Crippen LogP contribution in [0, 0.1) is 0 Å². The maximum Gasteiger partial charge on any atom is 0.573 e. The van der Waals surface area contributed by atoms with E-state index in [2.05, 4.69) is 10.1 Å². The number of rotatable bonds is 5. The molecule has 1 aliphatic heterocycles. The monoisotopic (exact) mass is 302 g/mol. The first-order valence-corrected chi connectivity index (χ1v) is 7.19. The molecule has 3 nitrogen and oxygen atoms in total. The fraction of sp³-hybridized carbons (Fsp3) is 0.600. The summed E-state index contributed by atoms with van der Waals surface area (Å²) in [6.45, 7) is 2.27. The zero-order valence-electron chi connectivity index (χ0n) is 12.1. The van der Waals surface area contributed by atoms with Crippen molar-refractivity contribution in [3.05, 3.63) is 29.8 Å². The van der Waals surface area contributed by atoms with E-state index in [-0.39, 0.29) is 5.75 Å². The smallest absolute Gasteiger partial charge is 0.405 e. The van der Waals surface area contributed by atoms with E-state index >= 15 is 0 Å². The van der Waals surface area contributed by atoms with Crippen LogP contribution in [0.5, 0.6) is 5.75 Å². The quantitative estimate of drug-likeness (QED) is 0.904. The molecular formula is C15H21F3N2O. The lowest BCUT2D eigenvalue weighted by Crippen LogP contribution is -2.42. The molecule has 1 heterocycles. The lowest BCUT2D eigenvalue weighted by Gasteiger charge is -2.28. The van der Waals surface area contributed by atoms with Gasteiger partial charge in [0.25, 0.3) is 0 Å². The zero-order valence-corrected chi connectivity index (χ0v) is 12.1. The Morgan fingerprint density at radius 3 is 2.71 bits per heavy atom. The van der Waals surface area contributed by atoms with Crippen LogP contribution in [0.1, 0.15) is 24.8 Å². The van der Waals surface area contributed by atoms with Gasteiger partial charge >= 0.3 is 6.36 Å². The van der Waals surface area contributed by atoms with Gasteiger partial charge in [-0.05, 0) is 32.5 Å². The molecule has 1 fully saturated rings. The van der Waals surface area contributed by atoms with Crippen molar-refractivity contribution in [2.24, 2.45) is 0 Å². The minimum absolute atomic E-state index is 0.117. The van der Waals surface area contributed by atoms with Crippen LogP contribution in [0.4, 0.5) is 13.2 Å². The van der Waals surface area contributed by atoms with Gasteiger partial charge in [-0.1, -0.05) is 24.6 Å². The molecule has 2 rings (SSSR count). The number of benzene rings is 1. The Balaban J connectivity index is 1.94. The largest absolute Gasteiger partial charge is 0.573 e. The van der Waals surface area contributed by atoms with Gasteiger partial charge in [0.2, 0.25) is 0 Å². The molecule has 118 valence electrons. The number of para-hydroxylation sites is 1. The lowest BCUT2D eigenvalue weighted by molar-refractivity contribution is -0.275. The number of nitrogens with zero attached hydrogens (tertiary/aromatic N) is 1. The third-order valence-corrected chi connectivity index (χ3v) is 3.58. The highest BCUT2D eigenvalue weighted by atomic mass is 19.4. The number of alkyl halides is 3. The van der Waals surface area contributed by atoms with E-state index in [9.17, 15) is 13.2 Å². The highest BCUT2D eigenvalue weighted by molar-refractivity contribution is 5.33. The second-order valence-electron chi connectivity index (χ2n) is 5.50. The van der Waals surface area contributed by atoms with Gasteiger partial charge < -0.3 is 15.0 Å². The minimum Gasteiger partial charge on any atom is -0.405 e. The van der Waals surface area contributed by atoms with Crippen molar-refractivity contribution in [3.63, 3.8) is 0 Å². The molecule has 0 amide bonds. The summed E-state index contributed by atoms with van der Waals surface area (Å²) >= 11 is 0. The summed E-state index contributed by atoms with van der Waals surface area (Å²) in [4.78, 5) is 2.03. The maximum atomic E-state index is 12.4.